The normalized spacial score (nSPS) is 21.6. The third-order valence-corrected chi connectivity index (χ3v) is 6.59. The molecule has 2 N–H and O–H groups in total. The zero-order valence-corrected chi connectivity index (χ0v) is 18.2. The molecule has 0 aromatic heterocycles. The van der Waals surface area contributed by atoms with Crippen LogP contribution in [0.1, 0.15) is 11.5 Å². The van der Waals surface area contributed by atoms with E-state index in [1.807, 2.05) is 30.3 Å². The Hall–Kier alpha value is -3.78. The second-order valence-corrected chi connectivity index (χ2v) is 8.59. The molecule has 8 heteroatoms. The number of nitrogens with one attached hydrogen (secondary N) is 1. The number of aliphatic hydroxyl groups excluding tert-OH is 1. The molecule has 0 aliphatic carbocycles. The van der Waals surface area contributed by atoms with Gasteiger partial charge in [-0.05, 0) is 53.1 Å². The van der Waals surface area contributed by atoms with Crippen molar-refractivity contribution in [3.63, 3.8) is 0 Å². The Kier molecular flexibility index (Phi) is 5.75. The van der Waals surface area contributed by atoms with Crippen LogP contribution in [-0.2, 0) is 4.79 Å². The van der Waals surface area contributed by atoms with Gasteiger partial charge in [-0.25, -0.2) is 13.6 Å². The number of urea groups is 1. The van der Waals surface area contributed by atoms with Crippen LogP contribution in [0.5, 0.6) is 0 Å². The van der Waals surface area contributed by atoms with Crippen molar-refractivity contribution < 1.29 is 23.5 Å². The number of amides is 3. The highest BCUT2D eigenvalue weighted by molar-refractivity contribution is 5.93. The maximum atomic E-state index is 13.6. The van der Waals surface area contributed by atoms with E-state index in [4.69, 9.17) is 0 Å². The van der Waals surface area contributed by atoms with Gasteiger partial charge in [-0.1, -0.05) is 36.4 Å². The third kappa shape index (κ3) is 4.01. The first-order chi connectivity index (χ1) is 16.4. The van der Waals surface area contributed by atoms with Crippen molar-refractivity contribution in [2.24, 2.45) is 0 Å². The number of anilines is 1. The van der Waals surface area contributed by atoms with Crippen LogP contribution in [0, 0.1) is 11.6 Å². The second-order valence-electron chi connectivity index (χ2n) is 8.59. The summed E-state index contributed by atoms with van der Waals surface area (Å²) in [6.45, 7) is 0.0389. The minimum absolute atomic E-state index is 0.0920. The van der Waals surface area contributed by atoms with Crippen LogP contribution in [0.15, 0.2) is 72.8 Å². The second kappa shape index (κ2) is 8.87. The topological polar surface area (TPSA) is 72.9 Å². The van der Waals surface area contributed by atoms with Crippen molar-refractivity contribution in [3.05, 3.63) is 90.0 Å². The van der Waals surface area contributed by atoms with Crippen LogP contribution < -0.4 is 5.32 Å². The van der Waals surface area contributed by atoms with Gasteiger partial charge in [-0.15, -0.1) is 0 Å². The van der Waals surface area contributed by atoms with Gasteiger partial charge in [0.15, 0.2) is 0 Å². The van der Waals surface area contributed by atoms with Crippen molar-refractivity contribution in [2.75, 3.05) is 25.0 Å². The highest BCUT2D eigenvalue weighted by Crippen LogP contribution is 2.43. The zero-order chi connectivity index (χ0) is 23.8. The molecule has 0 bridgehead atoms. The molecule has 5 rings (SSSR count). The summed E-state index contributed by atoms with van der Waals surface area (Å²) in [7, 11) is 0. The Labute approximate surface area is 195 Å². The van der Waals surface area contributed by atoms with Gasteiger partial charge in [0.25, 0.3) is 0 Å². The lowest BCUT2D eigenvalue weighted by molar-refractivity contribution is -0.159. The lowest BCUT2D eigenvalue weighted by Crippen LogP contribution is -2.73. The minimum atomic E-state index is -0.438. The van der Waals surface area contributed by atoms with E-state index in [0.717, 1.165) is 16.7 Å². The van der Waals surface area contributed by atoms with Crippen LogP contribution in [0.25, 0.3) is 11.1 Å². The molecule has 0 spiro atoms. The van der Waals surface area contributed by atoms with Gasteiger partial charge in [-0.2, -0.15) is 0 Å². The van der Waals surface area contributed by atoms with Crippen molar-refractivity contribution in [1.29, 1.82) is 0 Å². The van der Waals surface area contributed by atoms with Gasteiger partial charge in [0.1, 0.15) is 18.2 Å². The summed E-state index contributed by atoms with van der Waals surface area (Å²) in [6, 6.07) is 18.3. The summed E-state index contributed by atoms with van der Waals surface area (Å²) >= 11 is 0. The Morgan fingerprint density at radius 2 is 1.71 bits per heavy atom. The number of fused-ring (bicyclic) bond motifs is 1. The number of nitrogens with zero attached hydrogens (tertiary/aromatic N) is 2. The maximum absolute atomic E-state index is 13.6. The molecule has 2 aliphatic heterocycles. The van der Waals surface area contributed by atoms with E-state index in [-0.39, 0.29) is 42.9 Å². The van der Waals surface area contributed by atoms with Crippen molar-refractivity contribution >= 4 is 17.6 Å². The number of hydrogen-bond donors (Lipinski definition) is 2. The van der Waals surface area contributed by atoms with Gasteiger partial charge in [0, 0.05) is 18.2 Å². The summed E-state index contributed by atoms with van der Waals surface area (Å²) in [5.41, 5.74) is 3.00. The lowest BCUT2D eigenvalue weighted by atomic mass is 9.73. The van der Waals surface area contributed by atoms with Crippen molar-refractivity contribution in [3.8, 4) is 11.1 Å². The smallest absolute Gasteiger partial charge is 0.322 e. The van der Waals surface area contributed by atoms with E-state index in [1.165, 1.54) is 41.3 Å². The van der Waals surface area contributed by atoms with Gasteiger partial charge in [-0.3, -0.25) is 4.79 Å². The molecule has 0 radical (unpaired) electrons. The standard InChI is InChI=1S/C26H23F2N3O3/c27-19-8-10-21(11-9-19)29-26(34)30-13-22-25(23(15-32)31(22)24(33)14-30)17-6-4-16(5-7-17)18-2-1-3-20(28)12-18/h1-12,22-23,25,32H,13-15H2,(H,29,34)/t22-,23-,25-/m1/s1. The molecule has 174 valence electrons. The fourth-order valence-electron chi connectivity index (χ4n) is 4.96. The summed E-state index contributed by atoms with van der Waals surface area (Å²) in [5, 5.41) is 12.7. The highest BCUT2D eigenvalue weighted by Gasteiger charge is 2.54. The predicted molar refractivity (Wildman–Crippen MR) is 123 cm³/mol. The Morgan fingerprint density at radius 3 is 2.38 bits per heavy atom. The lowest BCUT2D eigenvalue weighted by Gasteiger charge is -2.58. The van der Waals surface area contributed by atoms with Gasteiger partial charge >= 0.3 is 6.03 Å². The first-order valence-electron chi connectivity index (χ1n) is 11.0. The van der Waals surface area contributed by atoms with E-state index in [9.17, 15) is 23.5 Å². The Bertz CT molecular complexity index is 1220. The van der Waals surface area contributed by atoms with Crippen LogP contribution in [0.4, 0.5) is 19.3 Å². The molecule has 34 heavy (non-hydrogen) atoms. The Balaban J connectivity index is 1.34. The first kappa shape index (κ1) is 22.0. The zero-order valence-electron chi connectivity index (χ0n) is 18.2. The molecule has 2 saturated heterocycles. The third-order valence-electron chi connectivity index (χ3n) is 6.59. The van der Waals surface area contributed by atoms with Gasteiger partial charge in [0.05, 0.1) is 18.7 Å². The predicted octanol–water partition coefficient (Wildman–Crippen LogP) is 3.83. The summed E-state index contributed by atoms with van der Waals surface area (Å²) in [4.78, 5) is 28.7. The van der Waals surface area contributed by atoms with E-state index >= 15 is 0 Å². The number of hydrogen-bond acceptors (Lipinski definition) is 3. The molecule has 3 aromatic rings. The molecule has 0 saturated carbocycles. The van der Waals surface area contributed by atoms with E-state index < -0.39 is 11.8 Å². The minimum Gasteiger partial charge on any atom is -0.394 e. The molecule has 6 nitrogen and oxygen atoms in total. The molecule has 3 amide bonds. The number of aliphatic hydroxyl groups is 1. The monoisotopic (exact) mass is 463 g/mol. The maximum Gasteiger partial charge on any atom is 0.322 e. The number of carbonyl (C=O) groups excluding carboxylic acids is 2. The molecule has 2 heterocycles. The first-order valence-corrected chi connectivity index (χ1v) is 11.0. The summed E-state index contributed by atoms with van der Waals surface area (Å²) < 4.78 is 26.7. The molecule has 2 fully saturated rings. The average Bonchev–Trinajstić information content (AvgIpc) is 2.82. The fourth-order valence-corrected chi connectivity index (χ4v) is 4.96. The van der Waals surface area contributed by atoms with Crippen molar-refractivity contribution in [2.45, 2.75) is 18.0 Å². The van der Waals surface area contributed by atoms with Crippen LogP contribution in [-0.4, -0.2) is 58.6 Å². The molecular formula is C26H23F2N3O3. The SMILES string of the molecule is O=C(Nc1ccc(F)cc1)N1CC(=O)N2[C@H](CO)[C@H](c3ccc(-c4cccc(F)c4)cc3)[C@H]2C1. The van der Waals surface area contributed by atoms with Crippen LogP contribution in [0.2, 0.25) is 0 Å². The van der Waals surface area contributed by atoms with Crippen molar-refractivity contribution in [1.82, 2.24) is 9.80 Å². The number of benzene rings is 3. The average molecular weight is 463 g/mol. The van der Waals surface area contributed by atoms with E-state index in [1.54, 1.807) is 11.0 Å². The molecular weight excluding hydrogens is 440 g/mol. The molecule has 3 aromatic carbocycles. The van der Waals surface area contributed by atoms with Gasteiger partial charge < -0.3 is 20.2 Å². The summed E-state index contributed by atoms with van der Waals surface area (Å²) in [6.07, 6.45) is 0. The fraction of sp³-hybridized carbons (Fsp3) is 0.231. The Morgan fingerprint density at radius 1 is 0.971 bits per heavy atom. The summed E-state index contributed by atoms with van der Waals surface area (Å²) in [5.74, 6) is -1.08. The van der Waals surface area contributed by atoms with Crippen LogP contribution >= 0.6 is 0 Å². The van der Waals surface area contributed by atoms with E-state index in [2.05, 4.69) is 5.32 Å². The molecule has 3 atom stereocenters. The molecule has 0 unspecified atom stereocenters. The highest BCUT2D eigenvalue weighted by atomic mass is 19.1. The largest absolute Gasteiger partial charge is 0.394 e. The number of halogens is 2. The number of carbonyl (C=O) groups is 2. The van der Waals surface area contributed by atoms with Gasteiger partial charge in [0.2, 0.25) is 5.91 Å². The quantitative estimate of drug-likeness (QED) is 0.618. The molecule has 2 aliphatic rings. The number of piperazine rings is 1. The number of rotatable bonds is 4. The van der Waals surface area contributed by atoms with E-state index in [0.29, 0.717) is 12.2 Å². The van der Waals surface area contributed by atoms with Crippen LogP contribution in [0.3, 0.4) is 0 Å².